The van der Waals surface area contributed by atoms with E-state index in [1.54, 1.807) is 0 Å². The fraction of sp³-hybridized carbons (Fsp3) is 0.647. The number of anilines is 1. The molecular weight excluding hydrogens is 218 g/mol. The third kappa shape index (κ3) is 3.07. The third-order valence-electron chi connectivity index (χ3n) is 4.45. The summed E-state index contributed by atoms with van der Waals surface area (Å²) in [7, 11) is 0. The standard InChI is InChI=1S/C17H27N/c1-4-8-13(2)16-11-5-6-12-17(16)18-14(3)15-9-7-10-15/h5-6,11-15,18H,4,7-10H2,1-3H3. The maximum Gasteiger partial charge on any atom is 0.0377 e. The summed E-state index contributed by atoms with van der Waals surface area (Å²) >= 11 is 0. The second kappa shape index (κ2) is 6.26. The molecule has 1 N–H and O–H groups in total. The van der Waals surface area contributed by atoms with E-state index in [0.717, 1.165) is 5.92 Å². The number of para-hydroxylation sites is 1. The second-order valence-electron chi connectivity index (χ2n) is 5.90. The van der Waals surface area contributed by atoms with Gasteiger partial charge in [0.25, 0.3) is 0 Å². The lowest BCUT2D eigenvalue weighted by Gasteiger charge is -2.33. The summed E-state index contributed by atoms with van der Waals surface area (Å²) < 4.78 is 0. The van der Waals surface area contributed by atoms with E-state index >= 15 is 0 Å². The average molecular weight is 245 g/mol. The zero-order chi connectivity index (χ0) is 13.0. The van der Waals surface area contributed by atoms with E-state index in [2.05, 4.69) is 50.4 Å². The smallest absolute Gasteiger partial charge is 0.0377 e. The van der Waals surface area contributed by atoms with Crippen molar-refractivity contribution in [1.29, 1.82) is 0 Å². The molecule has 2 atom stereocenters. The zero-order valence-corrected chi connectivity index (χ0v) is 12.1. The summed E-state index contributed by atoms with van der Waals surface area (Å²) in [5.41, 5.74) is 2.85. The number of hydrogen-bond donors (Lipinski definition) is 1. The van der Waals surface area contributed by atoms with E-state index in [1.807, 2.05) is 0 Å². The minimum atomic E-state index is 0.619. The lowest BCUT2D eigenvalue weighted by molar-refractivity contribution is 0.285. The third-order valence-corrected chi connectivity index (χ3v) is 4.45. The number of rotatable bonds is 6. The molecule has 0 aromatic heterocycles. The van der Waals surface area contributed by atoms with Gasteiger partial charge < -0.3 is 5.32 Å². The van der Waals surface area contributed by atoms with Crippen molar-refractivity contribution in [2.24, 2.45) is 5.92 Å². The topological polar surface area (TPSA) is 12.0 Å². The molecule has 1 fully saturated rings. The number of nitrogens with one attached hydrogen (secondary N) is 1. The summed E-state index contributed by atoms with van der Waals surface area (Å²) in [6, 6.07) is 9.47. The van der Waals surface area contributed by atoms with Crippen molar-refractivity contribution in [2.45, 2.75) is 64.8 Å². The molecule has 0 heterocycles. The van der Waals surface area contributed by atoms with Crippen molar-refractivity contribution >= 4 is 5.69 Å². The predicted molar refractivity (Wildman–Crippen MR) is 80.2 cm³/mol. The van der Waals surface area contributed by atoms with Gasteiger partial charge in [-0.1, -0.05) is 44.9 Å². The highest BCUT2D eigenvalue weighted by Crippen LogP contribution is 2.33. The van der Waals surface area contributed by atoms with Gasteiger partial charge in [-0.3, -0.25) is 0 Å². The van der Waals surface area contributed by atoms with Crippen LogP contribution in [0.5, 0.6) is 0 Å². The van der Waals surface area contributed by atoms with Gasteiger partial charge in [-0.05, 0) is 49.7 Å². The number of hydrogen-bond acceptors (Lipinski definition) is 1. The number of benzene rings is 1. The predicted octanol–water partition coefficient (Wildman–Crippen LogP) is 5.19. The van der Waals surface area contributed by atoms with Crippen molar-refractivity contribution in [3.8, 4) is 0 Å². The van der Waals surface area contributed by atoms with Crippen molar-refractivity contribution in [3.63, 3.8) is 0 Å². The van der Waals surface area contributed by atoms with E-state index in [-0.39, 0.29) is 0 Å². The molecule has 2 rings (SSSR count). The van der Waals surface area contributed by atoms with E-state index in [0.29, 0.717) is 12.0 Å². The van der Waals surface area contributed by atoms with Crippen LogP contribution in [0.2, 0.25) is 0 Å². The lowest BCUT2D eigenvalue weighted by Crippen LogP contribution is -2.31. The Balaban J connectivity index is 2.06. The summed E-state index contributed by atoms with van der Waals surface area (Å²) in [6.07, 6.45) is 6.76. The van der Waals surface area contributed by atoms with Gasteiger partial charge >= 0.3 is 0 Å². The normalized spacial score (nSPS) is 19.1. The Morgan fingerprint density at radius 3 is 2.56 bits per heavy atom. The Morgan fingerprint density at radius 1 is 1.22 bits per heavy atom. The molecule has 2 unspecified atom stereocenters. The molecule has 100 valence electrons. The average Bonchev–Trinajstić information content (AvgIpc) is 2.27. The van der Waals surface area contributed by atoms with Crippen LogP contribution in [0.1, 0.15) is 64.4 Å². The minimum Gasteiger partial charge on any atom is -0.382 e. The molecule has 0 saturated heterocycles. The first-order valence-electron chi connectivity index (χ1n) is 7.57. The van der Waals surface area contributed by atoms with Crippen LogP contribution in [0, 0.1) is 5.92 Å². The van der Waals surface area contributed by atoms with Gasteiger partial charge in [0.2, 0.25) is 0 Å². The molecule has 1 aliphatic rings. The van der Waals surface area contributed by atoms with Crippen LogP contribution in [-0.2, 0) is 0 Å². The van der Waals surface area contributed by atoms with Crippen LogP contribution in [-0.4, -0.2) is 6.04 Å². The van der Waals surface area contributed by atoms with Crippen LogP contribution >= 0.6 is 0 Å². The molecule has 0 aliphatic heterocycles. The molecule has 0 bridgehead atoms. The van der Waals surface area contributed by atoms with Gasteiger partial charge in [-0.15, -0.1) is 0 Å². The Kier molecular flexibility index (Phi) is 4.68. The highest BCUT2D eigenvalue weighted by atomic mass is 14.9. The quantitative estimate of drug-likeness (QED) is 0.727. The molecule has 0 radical (unpaired) electrons. The SMILES string of the molecule is CCCC(C)c1ccccc1NC(C)C1CCC1. The first-order valence-corrected chi connectivity index (χ1v) is 7.57. The maximum absolute atomic E-state index is 3.75. The van der Waals surface area contributed by atoms with Crippen molar-refractivity contribution in [2.75, 3.05) is 5.32 Å². The van der Waals surface area contributed by atoms with Crippen molar-refractivity contribution in [1.82, 2.24) is 0 Å². The molecule has 0 amide bonds. The van der Waals surface area contributed by atoms with Crippen LogP contribution in [0.25, 0.3) is 0 Å². The highest BCUT2D eigenvalue weighted by molar-refractivity contribution is 5.53. The van der Waals surface area contributed by atoms with Crippen LogP contribution in [0.3, 0.4) is 0 Å². The van der Waals surface area contributed by atoms with Crippen LogP contribution in [0.15, 0.2) is 24.3 Å². The van der Waals surface area contributed by atoms with E-state index in [9.17, 15) is 0 Å². The zero-order valence-electron chi connectivity index (χ0n) is 12.1. The monoisotopic (exact) mass is 245 g/mol. The van der Waals surface area contributed by atoms with Gasteiger partial charge in [-0.25, -0.2) is 0 Å². The van der Waals surface area contributed by atoms with Gasteiger partial charge in [-0.2, -0.15) is 0 Å². The Hall–Kier alpha value is -0.980. The summed E-state index contributed by atoms with van der Waals surface area (Å²) in [5.74, 6) is 1.55. The van der Waals surface area contributed by atoms with E-state index in [4.69, 9.17) is 0 Å². The van der Waals surface area contributed by atoms with Gasteiger partial charge in [0, 0.05) is 11.7 Å². The first-order chi connectivity index (χ1) is 8.72. The molecule has 1 aromatic carbocycles. The summed E-state index contributed by atoms with van der Waals surface area (Å²) in [4.78, 5) is 0. The molecule has 1 aliphatic carbocycles. The summed E-state index contributed by atoms with van der Waals surface area (Å²) in [6.45, 7) is 6.95. The Labute approximate surface area is 112 Å². The van der Waals surface area contributed by atoms with Crippen molar-refractivity contribution < 1.29 is 0 Å². The Bertz CT molecular complexity index is 368. The molecule has 18 heavy (non-hydrogen) atoms. The largest absolute Gasteiger partial charge is 0.382 e. The summed E-state index contributed by atoms with van der Waals surface area (Å²) in [5, 5.41) is 3.75. The molecule has 1 nitrogen and oxygen atoms in total. The van der Waals surface area contributed by atoms with Gasteiger partial charge in [0.05, 0.1) is 0 Å². The molecular formula is C17H27N. The molecule has 1 heteroatoms. The molecule has 1 saturated carbocycles. The fourth-order valence-electron chi connectivity index (χ4n) is 2.95. The minimum absolute atomic E-state index is 0.619. The molecule has 0 spiro atoms. The maximum atomic E-state index is 3.75. The lowest BCUT2D eigenvalue weighted by atomic mass is 9.80. The van der Waals surface area contributed by atoms with Crippen LogP contribution in [0.4, 0.5) is 5.69 Å². The Morgan fingerprint density at radius 2 is 1.94 bits per heavy atom. The first kappa shape index (κ1) is 13.5. The van der Waals surface area contributed by atoms with Crippen molar-refractivity contribution in [3.05, 3.63) is 29.8 Å². The van der Waals surface area contributed by atoms with E-state index < -0.39 is 0 Å². The van der Waals surface area contributed by atoms with Gasteiger partial charge in [0.1, 0.15) is 0 Å². The van der Waals surface area contributed by atoms with E-state index in [1.165, 1.54) is 43.4 Å². The van der Waals surface area contributed by atoms with Gasteiger partial charge in [0.15, 0.2) is 0 Å². The molecule has 1 aromatic rings. The highest BCUT2D eigenvalue weighted by Gasteiger charge is 2.24. The fourth-order valence-corrected chi connectivity index (χ4v) is 2.95. The van der Waals surface area contributed by atoms with Crippen LogP contribution < -0.4 is 5.32 Å². The second-order valence-corrected chi connectivity index (χ2v) is 5.90.